The van der Waals surface area contributed by atoms with Crippen molar-refractivity contribution < 1.29 is 4.79 Å². The van der Waals surface area contributed by atoms with E-state index in [0.29, 0.717) is 5.41 Å². The molecule has 1 atom stereocenters. The molecule has 2 saturated heterocycles. The molecule has 0 N–H and O–H groups in total. The third-order valence-electron chi connectivity index (χ3n) is 5.00. The van der Waals surface area contributed by atoms with Gasteiger partial charge in [0.15, 0.2) is 0 Å². The van der Waals surface area contributed by atoms with Crippen LogP contribution in [0.2, 0.25) is 0 Å². The lowest BCUT2D eigenvalue weighted by Gasteiger charge is -2.40. The topological polar surface area (TPSA) is 44.6 Å². The minimum Gasteiger partial charge on any atom is -0.331 e. The van der Waals surface area contributed by atoms with E-state index in [1.807, 2.05) is 36.9 Å². The number of aromatic nitrogens is 2. The molecule has 122 valence electrons. The molecule has 1 aromatic rings. The number of likely N-dealkylation sites (tertiary alicyclic amines) is 2. The Morgan fingerprint density at radius 1 is 1.32 bits per heavy atom. The normalized spacial score (nSPS) is 25.9. The van der Waals surface area contributed by atoms with Crippen LogP contribution in [0.5, 0.6) is 0 Å². The second-order valence-electron chi connectivity index (χ2n) is 7.19. The van der Waals surface area contributed by atoms with Crippen molar-refractivity contribution in [3.8, 4) is 0 Å². The zero-order chi connectivity index (χ0) is 15.7. The zero-order valence-corrected chi connectivity index (χ0v) is 14.0. The summed E-state index contributed by atoms with van der Waals surface area (Å²) in [4.78, 5) is 18.4. The predicted molar refractivity (Wildman–Crippen MR) is 85.4 cm³/mol. The van der Waals surface area contributed by atoms with Crippen molar-refractivity contribution in [3.63, 3.8) is 0 Å². The average Bonchev–Trinajstić information content (AvgIpc) is 3.05. The van der Waals surface area contributed by atoms with Crippen molar-refractivity contribution in [1.29, 1.82) is 0 Å². The maximum absolute atomic E-state index is 12.2. The summed E-state index contributed by atoms with van der Waals surface area (Å²) in [5, 5.41) is 4.26. The van der Waals surface area contributed by atoms with Crippen LogP contribution in [0.15, 0.2) is 12.4 Å². The number of hydrogen-bond acceptors (Lipinski definition) is 3. The third kappa shape index (κ3) is 3.11. The first-order chi connectivity index (χ1) is 10.5. The summed E-state index contributed by atoms with van der Waals surface area (Å²) in [7, 11) is 5.63. The number of carbonyl (C=O) groups is 1. The van der Waals surface area contributed by atoms with Crippen LogP contribution in [0.25, 0.3) is 0 Å². The predicted octanol–water partition coefficient (Wildman–Crippen LogP) is 1.39. The van der Waals surface area contributed by atoms with Gasteiger partial charge in [0.1, 0.15) is 0 Å². The molecule has 0 bridgehead atoms. The molecule has 2 aliphatic heterocycles. The van der Waals surface area contributed by atoms with Crippen LogP contribution in [0.3, 0.4) is 0 Å². The van der Waals surface area contributed by atoms with Gasteiger partial charge in [-0.05, 0) is 25.8 Å². The van der Waals surface area contributed by atoms with Crippen LogP contribution in [0.1, 0.15) is 24.8 Å². The summed E-state index contributed by atoms with van der Waals surface area (Å²) < 4.78 is 1.86. The Labute approximate surface area is 132 Å². The molecule has 0 aliphatic carbocycles. The number of piperidine rings is 1. The van der Waals surface area contributed by atoms with Crippen molar-refractivity contribution in [3.05, 3.63) is 18.0 Å². The molecule has 3 rings (SSSR count). The maximum atomic E-state index is 12.2. The van der Waals surface area contributed by atoms with Gasteiger partial charge in [0.2, 0.25) is 0 Å². The van der Waals surface area contributed by atoms with Crippen LogP contribution in [0, 0.1) is 5.41 Å². The lowest BCUT2D eigenvalue weighted by molar-refractivity contribution is 0.0880. The van der Waals surface area contributed by atoms with Crippen LogP contribution in [0.4, 0.5) is 4.79 Å². The Morgan fingerprint density at radius 3 is 2.82 bits per heavy atom. The molecule has 1 aromatic heterocycles. The first-order valence-electron chi connectivity index (χ1n) is 8.14. The highest BCUT2D eigenvalue weighted by atomic mass is 16.2. The summed E-state index contributed by atoms with van der Waals surface area (Å²) in [6.07, 6.45) is 7.66. The second kappa shape index (κ2) is 5.91. The van der Waals surface area contributed by atoms with E-state index in [1.165, 1.54) is 18.4 Å². The van der Waals surface area contributed by atoms with Crippen LogP contribution in [-0.4, -0.2) is 70.8 Å². The van der Waals surface area contributed by atoms with Gasteiger partial charge in [-0.25, -0.2) is 4.79 Å². The number of amides is 2. The Bertz CT molecular complexity index is 540. The Kier molecular flexibility index (Phi) is 4.12. The van der Waals surface area contributed by atoms with Gasteiger partial charge >= 0.3 is 6.03 Å². The fourth-order valence-electron chi connectivity index (χ4n) is 3.97. The number of carbonyl (C=O) groups excluding carboxylic acids is 1. The highest BCUT2D eigenvalue weighted by Gasteiger charge is 2.43. The number of nitrogens with zero attached hydrogens (tertiary/aromatic N) is 5. The molecular formula is C16H27N5O. The number of aryl methyl sites for hydroxylation is 1. The first-order valence-corrected chi connectivity index (χ1v) is 8.14. The van der Waals surface area contributed by atoms with E-state index in [1.54, 1.807) is 4.90 Å². The molecular weight excluding hydrogens is 278 g/mol. The van der Waals surface area contributed by atoms with Crippen molar-refractivity contribution in [2.24, 2.45) is 12.5 Å². The Morgan fingerprint density at radius 2 is 2.14 bits per heavy atom. The maximum Gasteiger partial charge on any atom is 0.319 e. The van der Waals surface area contributed by atoms with Gasteiger partial charge < -0.3 is 9.80 Å². The number of urea groups is 1. The van der Waals surface area contributed by atoms with E-state index in [-0.39, 0.29) is 6.03 Å². The van der Waals surface area contributed by atoms with Gasteiger partial charge in [0, 0.05) is 64.5 Å². The molecule has 0 saturated carbocycles. The van der Waals surface area contributed by atoms with Crippen molar-refractivity contribution >= 4 is 6.03 Å². The summed E-state index contributed by atoms with van der Waals surface area (Å²) in [5.41, 5.74) is 1.57. The molecule has 6 nitrogen and oxygen atoms in total. The van der Waals surface area contributed by atoms with E-state index in [4.69, 9.17) is 0 Å². The monoisotopic (exact) mass is 305 g/mol. The average molecular weight is 305 g/mol. The van der Waals surface area contributed by atoms with E-state index in [9.17, 15) is 4.79 Å². The molecule has 2 amide bonds. The smallest absolute Gasteiger partial charge is 0.319 e. The Balaban J connectivity index is 1.62. The minimum atomic E-state index is 0.154. The van der Waals surface area contributed by atoms with Gasteiger partial charge in [0.25, 0.3) is 0 Å². The summed E-state index contributed by atoms with van der Waals surface area (Å²) >= 11 is 0. The van der Waals surface area contributed by atoms with Crippen LogP contribution < -0.4 is 0 Å². The van der Waals surface area contributed by atoms with E-state index >= 15 is 0 Å². The SMILES string of the molecule is CN(C)C(=O)N1CC[C@]2(CCCN(Cc3cnn(C)c3)C2)C1. The highest BCUT2D eigenvalue weighted by Crippen LogP contribution is 2.39. The fraction of sp³-hybridized carbons (Fsp3) is 0.750. The van der Waals surface area contributed by atoms with Crippen LogP contribution >= 0.6 is 0 Å². The summed E-state index contributed by atoms with van der Waals surface area (Å²) in [6, 6.07) is 0.154. The molecule has 0 aromatic carbocycles. The lowest BCUT2D eigenvalue weighted by atomic mass is 9.79. The molecule has 2 fully saturated rings. The second-order valence-corrected chi connectivity index (χ2v) is 7.19. The third-order valence-corrected chi connectivity index (χ3v) is 5.00. The largest absolute Gasteiger partial charge is 0.331 e. The molecule has 6 heteroatoms. The van der Waals surface area contributed by atoms with Crippen molar-refractivity contribution in [2.45, 2.75) is 25.8 Å². The fourth-order valence-corrected chi connectivity index (χ4v) is 3.97. The van der Waals surface area contributed by atoms with Crippen molar-refractivity contribution in [2.75, 3.05) is 40.3 Å². The summed E-state index contributed by atoms with van der Waals surface area (Å²) in [5.74, 6) is 0. The van der Waals surface area contributed by atoms with Gasteiger partial charge in [-0.1, -0.05) is 0 Å². The van der Waals surface area contributed by atoms with Gasteiger partial charge in [0.05, 0.1) is 6.20 Å². The van der Waals surface area contributed by atoms with E-state index < -0.39 is 0 Å². The minimum absolute atomic E-state index is 0.154. The van der Waals surface area contributed by atoms with Crippen molar-refractivity contribution in [1.82, 2.24) is 24.5 Å². The molecule has 2 aliphatic rings. The van der Waals surface area contributed by atoms with Crippen LogP contribution in [-0.2, 0) is 13.6 Å². The molecule has 0 unspecified atom stereocenters. The van der Waals surface area contributed by atoms with Gasteiger partial charge in [-0.2, -0.15) is 5.10 Å². The number of hydrogen-bond donors (Lipinski definition) is 0. The summed E-state index contributed by atoms with van der Waals surface area (Å²) in [6.45, 7) is 5.03. The Hall–Kier alpha value is -1.56. The zero-order valence-electron chi connectivity index (χ0n) is 14.0. The lowest BCUT2D eigenvalue weighted by Crippen LogP contribution is -2.46. The number of rotatable bonds is 2. The van der Waals surface area contributed by atoms with E-state index in [2.05, 4.69) is 16.2 Å². The molecule has 1 spiro atoms. The van der Waals surface area contributed by atoms with Gasteiger partial charge in [-0.15, -0.1) is 0 Å². The standard InChI is InChI=1S/C16H27N5O/c1-18(2)15(22)21-8-6-16(13-21)5-4-7-20(12-16)11-14-9-17-19(3)10-14/h9-10H,4-8,11-13H2,1-3H3/t16-/m0/s1. The van der Waals surface area contributed by atoms with E-state index in [0.717, 1.165) is 39.1 Å². The highest BCUT2D eigenvalue weighted by molar-refractivity contribution is 5.74. The van der Waals surface area contributed by atoms with Gasteiger partial charge in [-0.3, -0.25) is 9.58 Å². The molecule has 0 radical (unpaired) electrons. The first kappa shape index (κ1) is 15.3. The molecule has 22 heavy (non-hydrogen) atoms. The molecule has 3 heterocycles. The quantitative estimate of drug-likeness (QED) is 0.829.